The highest BCUT2D eigenvalue weighted by Gasteiger charge is 2.20. The monoisotopic (exact) mass is 295 g/mol. The molecule has 0 radical (unpaired) electrons. The summed E-state index contributed by atoms with van der Waals surface area (Å²) >= 11 is 5.71. The predicted octanol–water partition coefficient (Wildman–Crippen LogP) is 3.14. The topological polar surface area (TPSA) is 46.2 Å². The minimum absolute atomic E-state index is 0.318. The zero-order valence-corrected chi connectivity index (χ0v) is 12.9. The van der Waals surface area contributed by atoms with Crippen LogP contribution in [0.4, 0.5) is 0 Å². The highest BCUT2D eigenvalue weighted by molar-refractivity contribution is 7.89. The molecule has 5 heteroatoms. The largest absolute Gasteiger partial charge is 0.215 e. The van der Waals surface area contributed by atoms with Gasteiger partial charge < -0.3 is 0 Å². The average molecular weight is 296 g/mol. The second-order valence-corrected chi connectivity index (χ2v) is 7.74. The van der Waals surface area contributed by atoms with Gasteiger partial charge >= 0.3 is 0 Å². The predicted molar refractivity (Wildman–Crippen MR) is 77.5 cm³/mol. The maximum atomic E-state index is 11.9. The van der Waals surface area contributed by atoms with Crippen LogP contribution in [-0.4, -0.2) is 26.6 Å². The first-order chi connectivity index (χ1) is 8.53. The molecule has 0 aromatic heterocycles. The van der Waals surface area contributed by atoms with Crippen LogP contribution in [-0.2, 0) is 10.0 Å². The third-order valence-electron chi connectivity index (χ3n) is 3.64. The van der Waals surface area contributed by atoms with Gasteiger partial charge in [-0.05, 0) is 37.5 Å². The van der Waals surface area contributed by atoms with Crippen molar-refractivity contribution in [1.29, 1.82) is 0 Å². The fourth-order valence-electron chi connectivity index (χ4n) is 2.48. The number of alkyl halides is 1. The van der Waals surface area contributed by atoms with Crippen LogP contribution < -0.4 is 4.72 Å². The van der Waals surface area contributed by atoms with E-state index in [1.54, 1.807) is 0 Å². The first kappa shape index (κ1) is 16.3. The van der Waals surface area contributed by atoms with E-state index >= 15 is 0 Å². The van der Waals surface area contributed by atoms with Crippen LogP contribution in [0.25, 0.3) is 0 Å². The summed E-state index contributed by atoms with van der Waals surface area (Å²) in [4.78, 5) is 0. The van der Waals surface area contributed by atoms with Crippen LogP contribution in [0.1, 0.15) is 51.9 Å². The Bertz CT molecular complexity index is 313. The highest BCUT2D eigenvalue weighted by Crippen LogP contribution is 2.24. The van der Waals surface area contributed by atoms with E-state index in [2.05, 4.69) is 11.6 Å². The Morgan fingerprint density at radius 3 is 2.56 bits per heavy atom. The molecule has 0 aromatic rings. The second-order valence-electron chi connectivity index (χ2n) is 5.58. The summed E-state index contributed by atoms with van der Waals surface area (Å²) in [7, 11) is -3.07. The lowest BCUT2D eigenvalue weighted by atomic mass is 9.91. The van der Waals surface area contributed by atoms with E-state index in [1.807, 2.05) is 0 Å². The number of rotatable bonds is 8. The molecule has 0 amide bonds. The number of hydrogen-bond acceptors (Lipinski definition) is 2. The van der Waals surface area contributed by atoms with Gasteiger partial charge in [0.15, 0.2) is 0 Å². The minimum atomic E-state index is -3.07. The van der Waals surface area contributed by atoms with Gasteiger partial charge in [-0.25, -0.2) is 13.1 Å². The SMILES string of the molecule is CC(CCl)CCCNS(=O)(=O)CC1CCCCC1. The van der Waals surface area contributed by atoms with Gasteiger partial charge in [-0.1, -0.05) is 26.2 Å². The maximum Gasteiger partial charge on any atom is 0.211 e. The number of nitrogens with one attached hydrogen (secondary N) is 1. The van der Waals surface area contributed by atoms with Crippen molar-refractivity contribution in [2.75, 3.05) is 18.2 Å². The van der Waals surface area contributed by atoms with Gasteiger partial charge in [-0.3, -0.25) is 0 Å². The van der Waals surface area contributed by atoms with Crippen LogP contribution in [0, 0.1) is 11.8 Å². The molecular formula is C13H26ClNO2S. The Morgan fingerprint density at radius 1 is 1.28 bits per heavy atom. The summed E-state index contributed by atoms with van der Waals surface area (Å²) in [5.74, 6) is 1.81. The lowest BCUT2D eigenvalue weighted by Crippen LogP contribution is -2.31. The molecule has 1 aliphatic carbocycles. The first-order valence-corrected chi connectivity index (χ1v) is 9.25. The van der Waals surface area contributed by atoms with Gasteiger partial charge in [0.2, 0.25) is 10.0 Å². The molecule has 3 nitrogen and oxygen atoms in total. The highest BCUT2D eigenvalue weighted by atomic mass is 35.5. The lowest BCUT2D eigenvalue weighted by molar-refractivity contribution is 0.384. The summed E-state index contributed by atoms with van der Waals surface area (Å²) in [5, 5.41) is 0. The molecule has 18 heavy (non-hydrogen) atoms. The molecular weight excluding hydrogens is 270 g/mol. The zero-order chi connectivity index (χ0) is 13.4. The van der Waals surface area contributed by atoms with Gasteiger partial charge in [-0.2, -0.15) is 0 Å². The summed E-state index contributed by atoms with van der Waals surface area (Å²) < 4.78 is 26.5. The molecule has 0 aromatic carbocycles. The second kappa shape index (κ2) is 8.39. The van der Waals surface area contributed by atoms with Crippen LogP contribution in [0.5, 0.6) is 0 Å². The van der Waals surface area contributed by atoms with Gasteiger partial charge in [0.05, 0.1) is 5.75 Å². The maximum absolute atomic E-state index is 11.9. The van der Waals surface area contributed by atoms with Crippen LogP contribution >= 0.6 is 11.6 Å². The molecule has 1 unspecified atom stereocenters. The van der Waals surface area contributed by atoms with Gasteiger partial charge in [0.25, 0.3) is 0 Å². The van der Waals surface area contributed by atoms with Crippen molar-refractivity contribution in [1.82, 2.24) is 4.72 Å². The fourth-order valence-corrected chi connectivity index (χ4v) is 4.16. The van der Waals surface area contributed by atoms with Crippen molar-refractivity contribution in [3.63, 3.8) is 0 Å². The number of halogens is 1. The quantitative estimate of drug-likeness (QED) is 0.552. The van der Waals surface area contributed by atoms with E-state index < -0.39 is 10.0 Å². The van der Waals surface area contributed by atoms with Crippen LogP contribution in [0.15, 0.2) is 0 Å². The minimum Gasteiger partial charge on any atom is -0.215 e. The normalized spacial score (nSPS) is 19.9. The van der Waals surface area contributed by atoms with Crippen molar-refractivity contribution >= 4 is 21.6 Å². The van der Waals surface area contributed by atoms with E-state index in [0.717, 1.165) is 25.7 Å². The summed E-state index contributed by atoms with van der Waals surface area (Å²) in [6.07, 6.45) is 7.64. The van der Waals surface area contributed by atoms with Crippen LogP contribution in [0.3, 0.4) is 0 Å². The smallest absolute Gasteiger partial charge is 0.211 e. The van der Waals surface area contributed by atoms with Crippen molar-refractivity contribution < 1.29 is 8.42 Å². The molecule has 1 fully saturated rings. The molecule has 1 N–H and O–H groups in total. The third kappa shape index (κ3) is 6.95. The third-order valence-corrected chi connectivity index (χ3v) is 5.72. The molecule has 1 aliphatic rings. The average Bonchev–Trinajstić information content (AvgIpc) is 2.35. The van der Waals surface area contributed by atoms with Crippen molar-refractivity contribution in [2.45, 2.75) is 51.9 Å². The molecule has 0 heterocycles. The molecule has 0 spiro atoms. The van der Waals surface area contributed by atoms with Gasteiger partial charge in [-0.15, -0.1) is 11.6 Å². The van der Waals surface area contributed by atoms with Gasteiger partial charge in [0.1, 0.15) is 0 Å². The fraction of sp³-hybridized carbons (Fsp3) is 1.00. The van der Waals surface area contributed by atoms with Gasteiger partial charge in [0, 0.05) is 12.4 Å². The van der Waals surface area contributed by atoms with E-state index in [-0.39, 0.29) is 0 Å². The molecule has 0 aliphatic heterocycles. The van der Waals surface area contributed by atoms with E-state index in [1.165, 1.54) is 19.3 Å². The Labute approximate surface area is 117 Å². The molecule has 0 saturated heterocycles. The summed E-state index contributed by atoms with van der Waals surface area (Å²) in [5.41, 5.74) is 0. The summed E-state index contributed by atoms with van der Waals surface area (Å²) in [6, 6.07) is 0. The van der Waals surface area contributed by atoms with E-state index in [4.69, 9.17) is 11.6 Å². The zero-order valence-electron chi connectivity index (χ0n) is 11.3. The van der Waals surface area contributed by atoms with E-state index in [0.29, 0.717) is 30.0 Å². The molecule has 1 saturated carbocycles. The van der Waals surface area contributed by atoms with E-state index in [9.17, 15) is 8.42 Å². The van der Waals surface area contributed by atoms with Crippen molar-refractivity contribution in [3.8, 4) is 0 Å². The number of hydrogen-bond donors (Lipinski definition) is 1. The molecule has 0 bridgehead atoms. The molecule has 1 atom stereocenters. The Hall–Kier alpha value is 0.200. The Balaban J connectivity index is 2.18. The number of sulfonamides is 1. The Kier molecular flexibility index (Phi) is 7.57. The molecule has 108 valence electrons. The standard InChI is InChI=1S/C13H26ClNO2S/c1-12(10-14)6-5-9-15-18(16,17)11-13-7-3-2-4-8-13/h12-13,15H,2-11H2,1H3. The van der Waals surface area contributed by atoms with Crippen LogP contribution in [0.2, 0.25) is 0 Å². The van der Waals surface area contributed by atoms with Crippen molar-refractivity contribution in [2.24, 2.45) is 11.8 Å². The Morgan fingerprint density at radius 2 is 1.94 bits per heavy atom. The molecule has 1 rings (SSSR count). The first-order valence-electron chi connectivity index (χ1n) is 7.07. The van der Waals surface area contributed by atoms with Crippen molar-refractivity contribution in [3.05, 3.63) is 0 Å². The summed E-state index contributed by atoms with van der Waals surface area (Å²) in [6.45, 7) is 2.64. The lowest BCUT2D eigenvalue weighted by Gasteiger charge is -2.21.